The molecule has 20 heavy (non-hydrogen) atoms. The van der Waals surface area contributed by atoms with Crippen molar-refractivity contribution in [2.24, 2.45) is 0 Å². The monoisotopic (exact) mass is 335 g/mol. The van der Waals surface area contributed by atoms with Gasteiger partial charge in [0.25, 0.3) is 0 Å². The van der Waals surface area contributed by atoms with Gasteiger partial charge >= 0.3 is 0 Å². The molecule has 2 heterocycles. The smallest absolute Gasteiger partial charge is 0.248 e. The van der Waals surface area contributed by atoms with Crippen LogP contribution in [-0.4, -0.2) is 28.2 Å². The molecule has 0 bridgehead atoms. The van der Waals surface area contributed by atoms with Crippen molar-refractivity contribution in [1.82, 2.24) is 15.1 Å². The van der Waals surface area contributed by atoms with Crippen molar-refractivity contribution >= 4 is 15.9 Å². The minimum absolute atomic E-state index is 0.585. The molecular formula is C15H18BrN3O. The number of benzene rings is 1. The maximum absolute atomic E-state index is 5.80. The molecule has 1 aromatic heterocycles. The molecule has 0 radical (unpaired) electrons. The van der Waals surface area contributed by atoms with Crippen molar-refractivity contribution < 1.29 is 4.42 Å². The summed E-state index contributed by atoms with van der Waals surface area (Å²) in [7, 11) is 0. The summed E-state index contributed by atoms with van der Waals surface area (Å²) in [5.74, 6) is 1.29. The number of likely N-dealkylation sites (tertiary alicyclic amines) is 1. The Morgan fingerprint density at radius 2 is 1.80 bits per heavy atom. The second-order valence-electron chi connectivity index (χ2n) is 5.17. The number of hydrogen-bond acceptors (Lipinski definition) is 4. The Morgan fingerprint density at radius 1 is 1.05 bits per heavy atom. The van der Waals surface area contributed by atoms with Crippen LogP contribution in [0.3, 0.4) is 0 Å². The van der Waals surface area contributed by atoms with Gasteiger partial charge in [-0.25, -0.2) is 0 Å². The summed E-state index contributed by atoms with van der Waals surface area (Å²) in [5, 5.41) is 8.34. The molecule has 3 rings (SSSR count). The molecule has 0 atom stereocenters. The number of hydrogen-bond donors (Lipinski definition) is 0. The first-order valence-electron chi connectivity index (χ1n) is 7.12. The van der Waals surface area contributed by atoms with Crippen LogP contribution in [0.25, 0.3) is 11.5 Å². The molecule has 106 valence electrons. The van der Waals surface area contributed by atoms with E-state index in [0.29, 0.717) is 11.8 Å². The van der Waals surface area contributed by atoms with Gasteiger partial charge in [-0.15, -0.1) is 10.2 Å². The number of nitrogens with zero attached hydrogens (tertiary/aromatic N) is 3. The van der Waals surface area contributed by atoms with Gasteiger partial charge in [0.2, 0.25) is 11.8 Å². The molecular weight excluding hydrogens is 318 g/mol. The van der Waals surface area contributed by atoms with Gasteiger partial charge in [-0.3, -0.25) is 4.90 Å². The third-order valence-electron chi connectivity index (χ3n) is 3.63. The fourth-order valence-corrected chi connectivity index (χ4v) is 3.00. The maximum Gasteiger partial charge on any atom is 0.248 e. The fourth-order valence-electron chi connectivity index (χ4n) is 2.55. The molecule has 1 aliphatic rings. The first-order valence-corrected chi connectivity index (χ1v) is 7.92. The molecule has 1 fully saturated rings. The Bertz CT molecular complexity index is 562. The van der Waals surface area contributed by atoms with Crippen LogP contribution in [0.5, 0.6) is 0 Å². The van der Waals surface area contributed by atoms with E-state index in [2.05, 4.69) is 31.0 Å². The van der Waals surface area contributed by atoms with Crippen molar-refractivity contribution in [2.45, 2.75) is 32.2 Å². The van der Waals surface area contributed by atoms with Crippen molar-refractivity contribution in [2.75, 3.05) is 13.1 Å². The van der Waals surface area contributed by atoms with Crippen LogP contribution in [0.2, 0.25) is 0 Å². The maximum atomic E-state index is 5.80. The van der Waals surface area contributed by atoms with E-state index in [1.54, 1.807) is 0 Å². The van der Waals surface area contributed by atoms with Crippen molar-refractivity contribution in [1.29, 1.82) is 0 Å². The number of rotatable bonds is 3. The van der Waals surface area contributed by atoms with E-state index in [4.69, 9.17) is 4.42 Å². The molecule has 0 aliphatic carbocycles. The average molecular weight is 336 g/mol. The minimum Gasteiger partial charge on any atom is -0.419 e. The van der Waals surface area contributed by atoms with Crippen LogP contribution < -0.4 is 0 Å². The van der Waals surface area contributed by atoms with Crippen LogP contribution in [0.4, 0.5) is 0 Å². The SMILES string of the molecule is Brc1ccccc1-c1nnc(CN2CCCCCC2)o1. The van der Waals surface area contributed by atoms with Crippen LogP contribution in [0.15, 0.2) is 33.2 Å². The van der Waals surface area contributed by atoms with E-state index in [1.165, 1.54) is 25.7 Å². The highest BCUT2D eigenvalue weighted by atomic mass is 79.9. The molecule has 0 N–H and O–H groups in total. The second kappa shape index (κ2) is 6.50. The van der Waals surface area contributed by atoms with Crippen LogP contribution in [-0.2, 0) is 6.54 Å². The molecule has 1 aromatic carbocycles. The first kappa shape index (κ1) is 13.8. The summed E-state index contributed by atoms with van der Waals surface area (Å²) in [6, 6.07) is 7.90. The highest BCUT2D eigenvalue weighted by molar-refractivity contribution is 9.10. The van der Waals surface area contributed by atoms with Gasteiger partial charge in [0.15, 0.2) is 0 Å². The van der Waals surface area contributed by atoms with Crippen molar-refractivity contribution in [3.63, 3.8) is 0 Å². The number of halogens is 1. The Hall–Kier alpha value is -1.20. The van der Waals surface area contributed by atoms with Crippen molar-refractivity contribution in [3.05, 3.63) is 34.6 Å². The average Bonchev–Trinajstić information content (AvgIpc) is 2.75. The predicted octanol–water partition coefficient (Wildman–Crippen LogP) is 3.88. The third-order valence-corrected chi connectivity index (χ3v) is 4.32. The van der Waals surface area contributed by atoms with E-state index in [0.717, 1.165) is 29.7 Å². The van der Waals surface area contributed by atoms with E-state index < -0.39 is 0 Å². The Balaban J connectivity index is 1.72. The lowest BCUT2D eigenvalue weighted by Gasteiger charge is -2.16. The highest BCUT2D eigenvalue weighted by Gasteiger charge is 2.15. The fraction of sp³-hybridized carbons (Fsp3) is 0.467. The summed E-state index contributed by atoms with van der Waals surface area (Å²) < 4.78 is 6.78. The van der Waals surface area contributed by atoms with Gasteiger partial charge in [-0.2, -0.15) is 0 Å². The highest BCUT2D eigenvalue weighted by Crippen LogP contribution is 2.27. The summed E-state index contributed by atoms with van der Waals surface area (Å²) >= 11 is 3.51. The van der Waals surface area contributed by atoms with Crippen LogP contribution in [0, 0.1) is 0 Å². The van der Waals surface area contributed by atoms with Crippen LogP contribution in [0.1, 0.15) is 31.6 Å². The molecule has 0 spiro atoms. The quantitative estimate of drug-likeness (QED) is 0.853. The lowest BCUT2D eigenvalue weighted by molar-refractivity contribution is 0.249. The standard InChI is InChI=1S/C15H18BrN3O/c16-13-8-4-3-7-12(13)15-18-17-14(20-15)11-19-9-5-1-2-6-10-19/h3-4,7-8H,1-2,5-6,9-11H2. The Labute approximate surface area is 127 Å². The summed E-state index contributed by atoms with van der Waals surface area (Å²) in [5.41, 5.74) is 0.946. The molecule has 5 heteroatoms. The Morgan fingerprint density at radius 3 is 2.55 bits per heavy atom. The number of aromatic nitrogens is 2. The molecule has 2 aromatic rings. The molecule has 4 nitrogen and oxygen atoms in total. The van der Waals surface area contributed by atoms with E-state index in [9.17, 15) is 0 Å². The molecule has 0 unspecified atom stereocenters. The summed E-state index contributed by atoms with van der Waals surface area (Å²) in [4.78, 5) is 2.41. The molecule has 1 aliphatic heterocycles. The van der Waals surface area contributed by atoms with E-state index in [1.807, 2.05) is 24.3 Å². The lowest BCUT2D eigenvalue weighted by Crippen LogP contribution is -2.24. The second-order valence-corrected chi connectivity index (χ2v) is 6.03. The van der Waals surface area contributed by atoms with E-state index in [-0.39, 0.29) is 0 Å². The predicted molar refractivity (Wildman–Crippen MR) is 81.2 cm³/mol. The normalized spacial score (nSPS) is 17.1. The third kappa shape index (κ3) is 3.27. The summed E-state index contributed by atoms with van der Waals surface area (Å²) in [6.07, 6.45) is 5.21. The van der Waals surface area contributed by atoms with Gasteiger partial charge in [0, 0.05) is 4.47 Å². The van der Waals surface area contributed by atoms with Gasteiger partial charge in [0.05, 0.1) is 12.1 Å². The zero-order valence-electron chi connectivity index (χ0n) is 11.4. The zero-order chi connectivity index (χ0) is 13.8. The largest absolute Gasteiger partial charge is 0.419 e. The molecule has 1 saturated heterocycles. The summed E-state index contributed by atoms with van der Waals surface area (Å²) in [6.45, 7) is 3.02. The molecule has 0 saturated carbocycles. The van der Waals surface area contributed by atoms with Gasteiger partial charge in [-0.05, 0) is 54.0 Å². The van der Waals surface area contributed by atoms with Gasteiger partial charge < -0.3 is 4.42 Å². The van der Waals surface area contributed by atoms with Gasteiger partial charge in [0.1, 0.15) is 0 Å². The van der Waals surface area contributed by atoms with Crippen molar-refractivity contribution in [3.8, 4) is 11.5 Å². The van der Waals surface area contributed by atoms with Crippen LogP contribution >= 0.6 is 15.9 Å². The Kier molecular flexibility index (Phi) is 4.47. The topological polar surface area (TPSA) is 42.2 Å². The lowest BCUT2D eigenvalue weighted by atomic mass is 10.2. The minimum atomic E-state index is 0.585. The van der Waals surface area contributed by atoms with Gasteiger partial charge in [-0.1, -0.05) is 25.0 Å². The molecule has 0 amide bonds. The first-order chi connectivity index (χ1) is 9.83. The zero-order valence-corrected chi connectivity index (χ0v) is 13.0. The van der Waals surface area contributed by atoms with E-state index >= 15 is 0 Å².